The number of nitrogen functional groups attached to an aromatic ring is 1. The molecule has 0 saturated heterocycles. The third-order valence-electron chi connectivity index (χ3n) is 4.19. The van der Waals surface area contributed by atoms with E-state index in [-0.39, 0.29) is 17.4 Å². The lowest BCUT2D eigenvalue weighted by molar-refractivity contribution is 0.0958. The van der Waals surface area contributed by atoms with E-state index in [0.717, 1.165) is 10.4 Å². The van der Waals surface area contributed by atoms with Gasteiger partial charge in [0.05, 0.1) is 10.3 Å². The Morgan fingerprint density at radius 1 is 1.25 bits per heavy atom. The van der Waals surface area contributed by atoms with Gasteiger partial charge in [0.1, 0.15) is 5.65 Å². The molecule has 12 heteroatoms. The number of aromatic nitrogens is 7. The van der Waals surface area contributed by atoms with Crippen LogP contribution in [-0.4, -0.2) is 48.0 Å². The molecule has 4 heterocycles. The molecule has 11 nitrogen and oxygen atoms in total. The van der Waals surface area contributed by atoms with Gasteiger partial charge >= 0.3 is 0 Å². The van der Waals surface area contributed by atoms with Crippen LogP contribution in [0.3, 0.4) is 0 Å². The minimum atomic E-state index is -0.258. The first-order valence-electron chi connectivity index (χ1n) is 8.55. The van der Waals surface area contributed by atoms with Crippen molar-refractivity contribution < 1.29 is 4.79 Å². The molecule has 6 N–H and O–H groups in total. The van der Waals surface area contributed by atoms with E-state index in [1.54, 1.807) is 12.3 Å². The molecule has 4 rings (SSSR count). The highest BCUT2D eigenvalue weighted by molar-refractivity contribution is 7.14. The molecule has 0 unspecified atom stereocenters. The van der Waals surface area contributed by atoms with Gasteiger partial charge in [-0.15, -0.1) is 21.5 Å². The number of rotatable bonds is 7. The van der Waals surface area contributed by atoms with Crippen LogP contribution in [0.25, 0.3) is 11.0 Å². The summed E-state index contributed by atoms with van der Waals surface area (Å²) in [5, 5.41) is 16.9. The number of tetrazole rings is 1. The highest BCUT2D eigenvalue weighted by Crippen LogP contribution is 2.20. The smallest absolute Gasteiger partial charge is 0.262 e. The first kappa shape index (κ1) is 17.9. The molecule has 0 fully saturated rings. The number of carbonyl (C=O) groups excluding carboxylic acids is 1. The molecule has 0 saturated carbocycles. The van der Waals surface area contributed by atoms with Crippen LogP contribution in [0.1, 0.15) is 25.9 Å². The van der Waals surface area contributed by atoms with Gasteiger partial charge in [-0.05, 0) is 30.5 Å². The molecule has 0 aromatic carbocycles. The normalized spacial score (nSPS) is 11.1. The van der Waals surface area contributed by atoms with E-state index in [0.29, 0.717) is 47.5 Å². The average molecular weight is 399 g/mol. The quantitative estimate of drug-likeness (QED) is 0.294. The van der Waals surface area contributed by atoms with Crippen molar-refractivity contribution in [3.05, 3.63) is 49.8 Å². The first-order valence-corrected chi connectivity index (χ1v) is 9.37. The molecule has 0 radical (unpaired) electrons. The second-order valence-electron chi connectivity index (χ2n) is 6.09. The maximum Gasteiger partial charge on any atom is 0.262 e. The standard InChI is InChI=1S/C16H17N9O2S/c17-16-20-13-12(15(27)21-16)8(7-19-13)1-2-9-3-4-10(28-9)14(26)18-6-5-11-22-24-25-23-11/h3-4,7H,1-2,5-6H2,(H,18,26)(H,22,23,24,25)(H4,17,19,20,21,27). The van der Waals surface area contributed by atoms with Crippen LogP contribution in [0, 0.1) is 0 Å². The Labute approximate surface area is 161 Å². The SMILES string of the molecule is Nc1nc2[nH]cc(CCc3ccc(C(=O)NCCc4nn[nH]n4)s3)c2c(=O)[nH]1. The number of fused-ring (bicyclic) bond motifs is 1. The Morgan fingerprint density at radius 2 is 2.14 bits per heavy atom. The second kappa shape index (κ2) is 7.60. The number of nitrogens with one attached hydrogen (secondary N) is 4. The maximum atomic E-state index is 12.2. The number of H-pyrrole nitrogens is 3. The molecular weight excluding hydrogens is 382 g/mol. The van der Waals surface area contributed by atoms with Gasteiger partial charge in [-0.3, -0.25) is 14.6 Å². The minimum absolute atomic E-state index is 0.0825. The zero-order valence-electron chi connectivity index (χ0n) is 14.7. The number of anilines is 1. The topological polar surface area (TPSA) is 171 Å². The van der Waals surface area contributed by atoms with Crippen molar-refractivity contribution in [2.75, 3.05) is 12.3 Å². The first-order chi connectivity index (χ1) is 13.6. The molecule has 0 atom stereocenters. The van der Waals surface area contributed by atoms with Gasteiger partial charge in [0.25, 0.3) is 11.5 Å². The van der Waals surface area contributed by atoms with Crippen molar-refractivity contribution in [1.29, 1.82) is 0 Å². The highest BCUT2D eigenvalue weighted by Gasteiger charge is 2.12. The molecular formula is C16H17N9O2S. The second-order valence-corrected chi connectivity index (χ2v) is 7.26. The molecule has 28 heavy (non-hydrogen) atoms. The molecule has 0 aliphatic rings. The predicted molar refractivity (Wildman–Crippen MR) is 103 cm³/mol. The van der Waals surface area contributed by atoms with E-state index in [2.05, 4.69) is 40.9 Å². The Bertz CT molecular complexity index is 1160. The lowest BCUT2D eigenvalue weighted by atomic mass is 10.1. The number of hydrogen-bond donors (Lipinski definition) is 5. The van der Waals surface area contributed by atoms with Gasteiger partial charge in [-0.25, -0.2) is 0 Å². The van der Waals surface area contributed by atoms with Crippen LogP contribution in [0.5, 0.6) is 0 Å². The van der Waals surface area contributed by atoms with Crippen molar-refractivity contribution >= 4 is 34.2 Å². The van der Waals surface area contributed by atoms with Crippen molar-refractivity contribution in [3.63, 3.8) is 0 Å². The molecule has 0 spiro atoms. The summed E-state index contributed by atoms with van der Waals surface area (Å²) in [5.41, 5.74) is 6.64. The summed E-state index contributed by atoms with van der Waals surface area (Å²) in [6.07, 6.45) is 3.63. The van der Waals surface area contributed by atoms with Crippen molar-refractivity contribution in [2.24, 2.45) is 0 Å². The van der Waals surface area contributed by atoms with E-state index in [1.165, 1.54) is 11.3 Å². The number of nitrogens with zero attached hydrogens (tertiary/aromatic N) is 4. The molecule has 0 aliphatic carbocycles. The van der Waals surface area contributed by atoms with E-state index in [1.807, 2.05) is 6.07 Å². The Balaban J connectivity index is 1.36. The summed E-state index contributed by atoms with van der Waals surface area (Å²) >= 11 is 1.43. The minimum Gasteiger partial charge on any atom is -0.369 e. The van der Waals surface area contributed by atoms with Gasteiger partial charge in [0.15, 0.2) is 5.82 Å². The third kappa shape index (κ3) is 3.76. The third-order valence-corrected chi connectivity index (χ3v) is 5.34. The molecule has 4 aromatic rings. The summed E-state index contributed by atoms with van der Waals surface area (Å²) < 4.78 is 0. The molecule has 1 amide bonds. The zero-order chi connectivity index (χ0) is 19.5. The number of aromatic amines is 3. The molecule has 4 aromatic heterocycles. The number of carbonyl (C=O) groups is 1. The summed E-state index contributed by atoms with van der Waals surface area (Å²) in [6, 6.07) is 3.72. The van der Waals surface area contributed by atoms with Gasteiger partial charge in [0.2, 0.25) is 5.95 Å². The number of hydrogen-bond acceptors (Lipinski definition) is 8. The highest BCUT2D eigenvalue weighted by atomic mass is 32.1. The molecule has 0 aliphatic heterocycles. The number of thiophene rings is 1. The Kier molecular flexibility index (Phi) is 4.85. The Hall–Kier alpha value is -3.54. The van der Waals surface area contributed by atoms with E-state index in [9.17, 15) is 9.59 Å². The van der Waals surface area contributed by atoms with E-state index in [4.69, 9.17) is 5.73 Å². The van der Waals surface area contributed by atoms with Crippen LogP contribution in [-0.2, 0) is 19.3 Å². The van der Waals surface area contributed by atoms with E-state index < -0.39 is 0 Å². The van der Waals surface area contributed by atoms with Crippen molar-refractivity contribution in [3.8, 4) is 0 Å². The van der Waals surface area contributed by atoms with Crippen LogP contribution in [0.4, 0.5) is 5.95 Å². The maximum absolute atomic E-state index is 12.2. The molecule has 144 valence electrons. The monoisotopic (exact) mass is 399 g/mol. The number of aryl methyl sites for hydroxylation is 2. The fourth-order valence-electron chi connectivity index (χ4n) is 2.87. The van der Waals surface area contributed by atoms with Gasteiger partial charge in [0, 0.05) is 24.0 Å². The van der Waals surface area contributed by atoms with Crippen LogP contribution in [0.15, 0.2) is 23.1 Å². The number of amides is 1. The van der Waals surface area contributed by atoms with Crippen molar-refractivity contribution in [1.82, 2.24) is 40.9 Å². The van der Waals surface area contributed by atoms with Gasteiger partial charge < -0.3 is 16.0 Å². The van der Waals surface area contributed by atoms with E-state index >= 15 is 0 Å². The number of nitrogens with two attached hydrogens (primary N) is 1. The fraction of sp³-hybridized carbons (Fsp3) is 0.250. The zero-order valence-corrected chi connectivity index (χ0v) is 15.5. The summed E-state index contributed by atoms with van der Waals surface area (Å²) in [7, 11) is 0. The van der Waals surface area contributed by atoms with Crippen LogP contribution < -0.4 is 16.6 Å². The van der Waals surface area contributed by atoms with Crippen molar-refractivity contribution in [2.45, 2.75) is 19.3 Å². The molecule has 0 bridgehead atoms. The lowest BCUT2D eigenvalue weighted by Crippen LogP contribution is -2.25. The summed E-state index contributed by atoms with van der Waals surface area (Å²) in [5.74, 6) is 0.499. The fourth-order valence-corrected chi connectivity index (χ4v) is 3.80. The summed E-state index contributed by atoms with van der Waals surface area (Å²) in [6.45, 7) is 0.430. The van der Waals surface area contributed by atoms with Crippen LogP contribution >= 0.6 is 11.3 Å². The lowest BCUT2D eigenvalue weighted by Gasteiger charge is -2.01. The predicted octanol–water partition coefficient (Wildman–Crippen LogP) is 0.166. The summed E-state index contributed by atoms with van der Waals surface area (Å²) in [4.78, 5) is 35.6. The largest absolute Gasteiger partial charge is 0.369 e. The van der Waals surface area contributed by atoms with Gasteiger partial charge in [-0.1, -0.05) is 5.21 Å². The average Bonchev–Trinajstić information content (AvgIpc) is 3.40. The van der Waals surface area contributed by atoms with Crippen LogP contribution in [0.2, 0.25) is 0 Å². The van der Waals surface area contributed by atoms with Gasteiger partial charge in [-0.2, -0.15) is 10.2 Å². The Morgan fingerprint density at radius 3 is 2.96 bits per heavy atom.